The minimum absolute atomic E-state index is 0. The van der Waals surface area contributed by atoms with Gasteiger partial charge in [0.05, 0.1) is 6.61 Å². The second kappa shape index (κ2) is 6.01. The molecule has 0 spiro atoms. The first-order valence-corrected chi connectivity index (χ1v) is 4.87. The van der Waals surface area contributed by atoms with Crippen LogP contribution in [0.4, 0.5) is 5.95 Å². The Balaban J connectivity index is 0.00000162. The quantitative estimate of drug-likeness (QED) is 0.331. The number of ether oxygens (including phenoxy) is 1. The van der Waals surface area contributed by atoms with E-state index >= 15 is 0 Å². The molecule has 0 aromatic carbocycles. The van der Waals surface area contributed by atoms with Crippen LogP contribution in [-0.4, -0.2) is 82.1 Å². The summed E-state index contributed by atoms with van der Waals surface area (Å²) in [7, 11) is 0. The van der Waals surface area contributed by atoms with Gasteiger partial charge in [0.1, 0.15) is 24.6 Å². The van der Waals surface area contributed by atoms with Crippen LogP contribution in [-0.2, 0) is 4.74 Å². The maximum atomic E-state index is 11.5. The minimum atomic E-state index is -1.35. The molecule has 9 nitrogen and oxygen atoms in total. The SMILES string of the molecule is Nc1ncn([C@@H]2O[C@H](CO)[C@@H](O)[C@H]2O)c(=O)n1.[PbH2]. The Bertz CT molecular complexity index is 469. The van der Waals surface area contributed by atoms with Crippen LogP contribution in [0.25, 0.3) is 0 Å². The van der Waals surface area contributed by atoms with Crippen molar-refractivity contribution in [1.82, 2.24) is 14.5 Å². The van der Waals surface area contributed by atoms with Gasteiger partial charge in [0.15, 0.2) is 6.23 Å². The summed E-state index contributed by atoms with van der Waals surface area (Å²) in [5.74, 6) is -0.196. The predicted octanol–water partition coefficient (Wildman–Crippen LogP) is -4.08. The third kappa shape index (κ3) is 2.69. The van der Waals surface area contributed by atoms with E-state index in [9.17, 15) is 15.0 Å². The van der Waals surface area contributed by atoms with Crippen LogP contribution in [0.1, 0.15) is 6.23 Å². The zero-order chi connectivity index (χ0) is 12.6. The van der Waals surface area contributed by atoms with E-state index in [0.29, 0.717) is 0 Å². The summed E-state index contributed by atoms with van der Waals surface area (Å²) in [5.41, 5.74) is 4.46. The first-order valence-electron chi connectivity index (χ1n) is 4.87. The Morgan fingerprint density at radius 2 is 2.11 bits per heavy atom. The molecule has 4 atom stereocenters. The predicted molar refractivity (Wildman–Crippen MR) is 62.3 cm³/mol. The van der Waals surface area contributed by atoms with Gasteiger partial charge in [-0.1, -0.05) is 0 Å². The van der Waals surface area contributed by atoms with Gasteiger partial charge in [0.25, 0.3) is 0 Å². The number of aliphatic hydroxyl groups excluding tert-OH is 3. The van der Waals surface area contributed by atoms with Crippen LogP contribution >= 0.6 is 0 Å². The van der Waals surface area contributed by atoms with Crippen molar-refractivity contribution in [2.45, 2.75) is 24.5 Å². The molecule has 1 fully saturated rings. The molecular weight excluding hydrogens is 439 g/mol. The van der Waals surface area contributed by atoms with E-state index in [1.807, 2.05) is 0 Å². The molecule has 0 aliphatic carbocycles. The van der Waals surface area contributed by atoms with Gasteiger partial charge in [-0.15, -0.1) is 0 Å². The molecule has 0 amide bonds. The van der Waals surface area contributed by atoms with E-state index in [1.54, 1.807) is 0 Å². The van der Waals surface area contributed by atoms with Crippen LogP contribution in [0.2, 0.25) is 0 Å². The van der Waals surface area contributed by atoms with Gasteiger partial charge in [0.2, 0.25) is 5.95 Å². The van der Waals surface area contributed by atoms with Gasteiger partial charge in [0, 0.05) is 0 Å². The molecule has 1 aliphatic rings. The number of nitrogens with zero attached hydrogens (tertiary/aromatic N) is 3. The number of nitrogens with two attached hydrogens (primary N) is 1. The van der Waals surface area contributed by atoms with Crippen LogP contribution < -0.4 is 11.4 Å². The summed E-state index contributed by atoms with van der Waals surface area (Å²) in [5, 5.41) is 28.1. The maximum absolute atomic E-state index is 11.5. The average Bonchev–Trinajstić information content (AvgIpc) is 2.57. The monoisotopic (exact) mass is 454 g/mol. The second-order valence-electron chi connectivity index (χ2n) is 3.63. The van der Waals surface area contributed by atoms with E-state index in [0.717, 1.165) is 10.9 Å². The zero-order valence-electron chi connectivity index (χ0n) is 9.38. The standard InChI is InChI=1S/C8H12N4O5.Pb.2H/c9-7-10-2-12(8(16)11-7)6-5(15)4(14)3(1-13)17-6;;;/h2-6,13-15H,1H2,(H2,9,11,16);;;/t3-,4-,5-,6-;;;/m1.../s1. The van der Waals surface area contributed by atoms with Crippen molar-refractivity contribution in [3.8, 4) is 0 Å². The van der Waals surface area contributed by atoms with Crippen LogP contribution in [0.3, 0.4) is 0 Å². The van der Waals surface area contributed by atoms with Gasteiger partial charge in [-0.25, -0.2) is 9.78 Å². The topological polar surface area (TPSA) is 144 Å². The average molecular weight is 453 g/mol. The van der Waals surface area contributed by atoms with Crippen molar-refractivity contribution >= 4 is 33.2 Å². The summed E-state index contributed by atoms with van der Waals surface area (Å²) in [6, 6.07) is 0. The number of anilines is 1. The van der Waals surface area contributed by atoms with Crippen LogP contribution in [0.5, 0.6) is 0 Å². The number of hydrogen-bond acceptors (Lipinski definition) is 8. The molecule has 1 aromatic heterocycles. The first kappa shape index (κ1) is 15.4. The molecule has 5 N–H and O–H groups in total. The van der Waals surface area contributed by atoms with E-state index in [1.165, 1.54) is 0 Å². The first-order chi connectivity index (χ1) is 8.04. The van der Waals surface area contributed by atoms with Crippen molar-refractivity contribution in [2.24, 2.45) is 0 Å². The van der Waals surface area contributed by atoms with Gasteiger partial charge in [-0.2, -0.15) is 4.98 Å². The third-order valence-corrected chi connectivity index (χ3v) is 2.54. The third-order valence-electron chi connectivity index (χ3n) is 2.54. The Hall–Kier alpha value is -0.628. The molecule has 0 unspecified atom stereocenters. The molecule has 2 radical (unpaired) electrons. The molecule has 1 saturated heterocycles. The van der Waals surface area contributed by atoms with Crippen molar-refractivity contribution in [3.05, 3.63) is 16.8 Å². The normalized spacial score (nSPS) is 31.1. The van der Waals surface area contributed by atoms with Gasteiger partial charge < -0.3 is 25.8 Å². The van der Waals surface area contributed by atoms with Crippen molar-refractivity contribution in [3.63, 3.8) is 0 Å². The Morgan fingerprint density at radius 3 is 2.61 bits per heavy atom. The Morgan fingerprint density at radius 1 is 1.44 bits per heavy atom. The molecule has 0 bridgehead atoms. The van der Waals surface area contributed by atoms with E-state index in [4.69, 9.17) is 15.6 Å². The number of rotatable bonds is 2. The van der Waals surface area contributed by atoms with Crippen LogP contribution in [0, 0.1) is 0 Å². The molecule has 18 heavy (non-hydrogen) atoms. The fourth-order valence-corrected chi connectivity index (χ4v) is 1.64. The summed E-state index contributed by atoms with van der Waals surface area (Å²) >= 11 is 0. The summed E-state index contributed by atoms with van der Waals surface area (Å²) < 4.78 is 6.04. The van der Waals surface area contributed by atoms with Crippen molar-refractivity contribution in [1.29, 1.82) is 0 Å². The number of aliphatic hydroxyl groups is 3. The van der Waals surface area contributed by atoms with Gasteiger partial charge in [-0.05, 0) is 0 Å². The number of aromatic nitrogens is 3. The molecule has 100 valence electrons. The van der Waals surface area contributed by atoms with Crippen molar-refractivity contribution < 1.29 is 20.1 Å². The zero-order valence-corrected chi connectivity index (χ0v) is 14.9. The number of hydrogen-bond donors (Lipinski definition) is 4. The molecule has 1 aromatic rings. The molecule has 2 heterocycles. The Labute approximate surface area is 121 Å². The van der Waals surface area contributed by atoms with E-state index in [2.05, 4.69) is 9.97 Å². The fourth-order valence-electron chi connectivity index (χ4n) is 1.64. The molecule has 0 saturated carbocycles. The van der Waals surface area contributed by atoms with E-state index in [-0.39, 0.29) is 33.2 Å². The fraction of sp³-hybridized carbons (Fsp3) is 0.625. The molecule has 10 heteroatoms. The summed E-state index contributed by atoms with van der Waals surface area (Å²) in [4.78, 5) is 18.4. The van der Waals surface area contributed by atoms with Crippen molar-refractivity contribution in [2.75, 3.05) is 12.3 Å². The Kier molecular flexibility index (Phi) is 5.15. The molecular formula is C8H14N4O5Pb. The molecule has 1 aliphatic heterocycles. The summed E-state index contributed by atoms with van der Waals surface area (Å²) in [6.45, 7) is -0.473. The van der Waals surface area contributed by atoms with Gasteiger partial charge >= 0.3 is 33.0 Å². The second-order valence-corrected chi connectivity index (χ2v) is 3.63. The number of nitrogen functional groups attached to an aromatic ring is 1. The van der Waals surface area contributed by atoms with Gasteiger partial charge in [-0.3, -0.25) is 4.57 Å². The van der Waals surface area contributed by atoms with E-state index < -0.39 is 36.8 Å². The van der Waals surface area contributed by atoms with Crippen LogP contribution in [0.15, 0.2) is 11.1 Å². The molecule has 2 rings (SSSR count). The summed E-state index contributed by atoms with van der Waals surface area (Å²) in [6.07, 6.45) is -3.67.